The standard InChI is InChI=1S/C15H15NO/c1-11-6-7-14(8-12(11)2)13-4-3-5-15(9-13)16-10-17/h3-10H,1-2H3,(H,16,17). The molecule has 2 aromatic carbocycles. The zero-order valence-corrected chi connectivity index (χ0v) is 10.0. The van der Waals surface area contributed by atoms with Gasteiger partial charge in [0.1, 0.15) is 0 Å². The van der Waals surface area contributed by atoms with Gasteiger partial charge in [0.15, 0.2) is 0 Å². The van der Waals surface area contributed by atoms with Crippen molar-refractivity contribution < 1.29 is 4.79 Å². The number of hydrogen-bond donors (Lipinski definition) is 1. The van der Waals surface area contributed by atoms with Crippen LogP contribution < -0.4 is 5.32 Å². The molecular formula is C15H15NO. The van der Waals surface area contributed by atoms with E-state index in [4.69, 9.17) is 0 Å². The molecule has 0 saturated carbocycles. The maximum absolute atomic E-state index is 10.4. The predicted molar refractivity (Wildman–Crippen MR) is 71.0 cm³/mol. The first kappa shape index (κ1) is 11.4. The molecule has 2 aromatic rings. The van der Waals surface area contributed by atoms with Crippen LogP contribution in [-0.2, 0) is 4.79 Å². The largest absolute Gasteiger partial charge is 0.329 e. The van der Waals surface area contributed by atoms with Crippen molar-refractivity contribution in [2.75, 3.05) is 5.32 Å². The third-order valence-corrected chi connectivity index (χ3v) is 2.93. The summed E-state index contributed by atoms with van der Waals surface area (Å²) in [5.74, 6) is 0. The van der Waals surface area contributed by atoms with Gasteiger partial charge in [0, 0.05) is 5.69 Å². The predicted octanol–water partition coefficient (Wildman–Crippen LogP) is 3.54. The zero-order chi connectivity index (χ0) is 12.3. The minimum absolute atomic E-state index is 0.694. The third-order valence-electron chi connectivity index (χ3n) is 2.93. The van der Waals surface area contributed by atoms with Gasteiger partial charge in [-0.3, -0.25) is 4.79 Å². The number of nitrogens with one attached hydrogen (secondary N) is 1. The van der Waals surface area contributed by atoms with Gasteiger partial charge >= 0.3 is 0 Å². The molecule has 0 bridgehead atoms. The first-order valence-electron chi connectivity index (χ1n) is 5.58. The smallest absolute Gasteiger partial charge is 0.211 e. The molecule has 0 aliphatic carbocycles. The van der Waals surface area contributed by atoms with E-state index < -0.39 is 0 Å². The van der Waals surface area contributed by atoms with E-state index >= 15 is 0 Å². The van der Waals surface area contributed by atoms with Crippen molar-refractivity contribution in [3.63, 3.8) is 0 Å². The topological polar surface area (TPSA) is 29.1 Å². The van der Waals surface area contributed by atoms with Gasteiger partial charge < -0.3 is 5.32 Å². The molecule has 0 aromatic heterocycles. The maximum atomic E-state index is 10.4. The van der Waals surface area contributed by atoms with Crippen LogP contribution in [-0.4, -0.2) is 6.41 Å². The molecule has 1 amide bonds. The van der Waals surface area contributed by atoms with Gasteiger partial charge in [-0.1, -0.05) is 30.3 Å². The summed E-state index contributed by atoms with van der Waals surface area (Å²) in [4.78, 5) is 10.4. The van der Waals surface area contributed by atoms with Crippen molar-refractivity contribution in [3.8, 4) is 11.1 Å². The molecule has 0 fully saturated rings. The Labute approximate surface area is 101 Å². The second-order valence-corrected chi connectivity index (χ2v) is 4.14. The van der Waals surface area contributed by atoms with E-state index in [2.05, 4.69) is 37.4 Å². The molecule has 0 saturated heterocycles. The zero-order valence-electron chi connectivity index (χ0n) is 10.0. The first-order chi connectivity index (χ1) is 8.20. The number of aryl methyl sites for hydroxylation is 2. The van der Waals surface area contributed by atoms with Crippen molar-refractivity contribution in [1.29, 1.82) is 0 Å². The van der Waals surface area contributed by atoms with E-state index in [1.807, 2.05) is 24.3 Å². The minimum Gasteiger partial charge on any atom is -0.329 e. The third kappa shape index (κ3) is 2.53. The second kappa shape index (κ2) is 4.83. The highest BCUT2D eigenvalue weighted by Gasteiger charge is 2.00. The minimum atomic E-state index is 0.694. The average molecular weight is 225 g/mol. The van der Waals surface area contributed by atoms with E-state index in [0.717, 1.165) is 11.3 Å². The molecular weight excluding hydrogens is 210 g/mol. The van der Waals surface area contributed by atoms with Crippen LogP contribution in [0.15, 0.2) is 42.5 Å². The van der Waals surface area contributed by atoms with Gasteiger partial charge in [0.05, 0.1) is 0 Å². The van der Waals surface area contributed by atoms with Crippen molar-refractivity contribution in [1.82, 2.24) is 0 Å². The molecule has 0 atom stereocenters. The fourth-order valence-corrected chi connectivity index (χ4v) is 1.78. The van der Waals surface area contributed by atoms with E-state index in [1.165, 1.54) is 16.7 Å². The monoisotopic (exact) mass is 225 g/mol. The van der Waals surface area contributed by atoms with Crippen molar-refractivity contribution in [3.05, 3.63) is 53.6 Å². The Balaban J connectivity index is 2.41. The van der Waals surface area contributed by atoms with Gasteiger partial charge in [-0.2, -0.15) is 0 Å². The van der Waals surface area contributed by atoms with Crippen LogP contribution in [0.4, 0.5) is 5.69 Å². The lowest BCUT2D eigenvalue weighted by Gasteiger charge is -2.07. The summed E-state index contributed by atoms with van der Waals surface area (Å²) < 4.78 is 0. The molecule has 0 unspecified atom stereocenters. The number of benzene rings is 2. The van der Waals surface area contributed by atoms with E-state index in [9.17, 15) is 4.79 Å². The first-order valence-corrected chi connectivity index (χ1v) is 5.58. The van der Waals surface area contributed by atoms with Crippen LogP contribution in [0.5, 0.6) is 0 Å². The second-order valence-electron chi connectivity index (χ2n) is 4.14. The van der Waals surface area contributed by atoms with Crippen LogP contribution in [0.1, 0.15) is 11.1 Å². The lowest BCUT2D eigenvalue weighted by atomic mass is 10.0. The quantitative estimate of drug-likeness (QED) is 0.795. The van der Waals surface area contributed by atoms with Crippen LogP contribution in [0.2, 0.25) is 0 Å². The Bertz CT molecular complexity index is 546. The fraction of sp³-hybridized carbons (Fsp3) is 0.133. The Morgan fingerprint density at radius 1 is 0.941 bits per heavy atom. The molecule has 0 radical (unpaired) electrons. The number of hydrogen-bond acceptors (Lipinski definition) is 1. The highest BCUT2D eigenvalue weighted by Crippen LogP contribution is 2.24. The summed E-state index contributed by atoms with van der Waals surface area (Å²) in [6, 6.07) is 14.2. The van der Waals surface area contributed by atoms with Gasteiger partial charge in [-0.25, -0.2) is 0 Å². The van der Waals surface area contributed by atoms with E-state index in [-0.39, 0.29) is 0 Å². The summed E-state index contributed by atoms with van der Waals surface area (Å²) in [5.41, 5.74) is 5.66. The van der Waals surface area contributed by atoms with Crippen molar-refractivity contribution in [2.24, 2.45) is 0 Å². The summed E-state index contributed by atoms with van der Waals surface area (Å²) >= 11 is 0. The molecule has 0 aliphatic rings. The number of amides is 1. The van der Waals surface area contributed by atoms with Gasteiger partial charge in [0.2, 0.25) is 6.41 Å². The molecule has 17 heavy (non-hydrogen) atoms. The van der Waals surface area contributed by atoms with Gasteiger partial charge in [0.25, 0.3) is 0 Å². The number of rotatable bonds is 3. The van der Waals surface area contributed by atoms with Crippen molar-refractivity contribution >= 4 is 12.1 Å². The molecule has 1 N–H and O–H groups in total. The average Bonchev–Trinajstić information content (AvgIpc) is 2.33. The molecule has 2 rings (SSSR count). The van der Waals surface area contributed by atoms with E-state index in [0.29, 0.717) is 6.41 Å². The maximum Gasteiger partial charge on any atom is 0.211 e. The Kier molecular flexibility index (Phi) is 3.24. The fourth-order valence-electron chi connectivity index (χ4n) is 1.78. The lowest BCUT2D eigenvalue weighted by molar-refractivity contribution is -0.105. The van der Waals surface area contributed by atoms with E-state index in [1.54, 1.807) is 0 Å². The summed E-state index contributed by atoms with van der Waals surface area (Å²) in [7, 11) is 0. The van der Waals surface area contributed by atoms with Gasteiger partial charge in [-0.05, 0) is 48.2 Å². The Hall–Kier alpha value is -2.09. The van der Waals surface area contributed by atoms with Crippen LogP contribution in [0.3, 0.4) is 0 Å². The highest BCUT2D eigenvalue weighted by atomic mass is 16.1. The van der Waals surface area contributed by atoms with Crippen LogP contribution >= 0.6 is 0 Å². The number of carbonyl (C=O) groups is 1. The molecule has 2 nitrogen and oxygen atoms in total. The SMILES string of the molecule is Cc1ccc(-c2cccc(NC=O)c2)cc1C. The molecule has 86 valence electrons. The van der Waals surface area contributed by atoms with Gasteiger partial charge in [-0.15, -0.1) is 0 Å². The Morgan fingerprint density at radius 3 is 2.41 bits per heavy atom. The van der Waals surface area contributed by atoms with Crippen molar-refractivity contribution in [2.45, 2.75) is 13.8 Å². The van der Waals surface area contributed by atoms with Crippen LogP contribution in [0, 0.1) is 13.8 Å². The molecule has 0 heterocycles. The molecule has 0 aliphatic heterocycles. The summed E-state index contributed by atoms with van der Waals surface area (Å²) in [5, 5.41) is 2.66. The normalized spacial score (nSPS) is 10.0. The Morgan fingerprint density at radius 2 is 1.71 bits per heavy atom. The molecule has 0 spiro atoms. The molecule has 2 heteroatoms. The summed E-state index contributed by atoms with van der Waals surface area (Å²) in [6.07, 6.45) is 0.694. The summed E-state index contributed by atoms with van der Waals surface area (Å²) in [6.45, 7) is 4.20. The number of carbonyl (C=O) groups excluding carboxylic acids is 1. The highest BCUT2D eigenvalue weighted by molar-refractivity contribution is 5.76. The lowest BCUT2D eigenvalue weighted by Crippen LogP contribution is -1.93. The number of anilines is 1. The van der Waals surface area contributed by atoms with Crippen LogP contribution in [0.25, 0.3) is 11.1 Å².